The second kappa shape index (κ2) is 8.27. The summed E-state index contributed by atoms with van der Waals surface area (Å²) in [6, 6.07) is 14.5. The van der Waals surface area contributed by atoms with Crippen molar-refractivity contribution in [2.24, 2.45) is 7.05 Å². The highest BCUT2D eigenvalue weighted by molar-refractivity contribution is 6.30. The number of ether oxygens (including phenoxy) is 1. The van der Waals surface area contributed by atoms with E-state index in [9.17, 15) is 4.79 Å². The second-order valence-electron chi connectivity index (χ2n) is 6.48. The minimum Gasteiger partial charge on any atom is -0.489 e. The number of amides is 1. The molecule has 3 rings (SSSR count). The third-order valence-corrected chi connectivity index (χ3v) is 4.52. The molecule has 1 unspecified atom stereocenters. The summed E-state index contributed by atoms with van der Waals surface area (Å²) in [5.74, 6) is 0.595. The van der Waals surface area contributed by atoms with Gasteiger partial charge in [-0.15, -0.1) is 0 Å². The molecule has 6 heteroatoms. The Kier molecular flexibility index (Phi) is 5.81. The molecule has 1 atom stereocenters. The smallest absolute Gasteiger partial charge is 0.251 e. The van der Waals surface area contributed by atoms with Gasteiger partial charge in [-0.3, -0.25) is 9.48 Å². The van der Waals surface area contributed by atoms with Gasteiger partial charge in [0, 0.05) is 29.4 Å². The van der Waals surface area contributed by atoms with Crippen molar-refractivity contribution in [2.75, 3.05) is 0 Å². The molecule has 0 fully saturated rings. The van der Waals surface area contributed by atoms with Gasteiger partial charge in [-0.2, -0.15) is 5.10 Å². The van der Waals surface area contributed by atoms with Crippen molar-refractivity contribution in [3.8, 4) is 5.75 Å². The molecule has 3 aromatic rings. The molecule has 2 aromatic carbocycles. The summed E-state index contributed by atoms with van der Waals surface area (Å²) < 4.78 is 7.47. The molecular formula is C21H22ClN3O2. The zero-order valence-corrected chi connectivity index (χ0v) is 16.3. The minimum absolute atomic E-state index is 0.114. The van der Waals surface area contributed by atoms with Crippen LogP contribution < -0.4 is 10.1 Å². The minimum atomic E-state index is -0.118. The SMILES string of the molecule is Cc1nn(C)cc1C(C)NC(=O)c1ccc(COc2cccc(Cl)c2)cc1. The molecule has 0 saturated heterocycles. The summed E-state index contributed by atoms with van der Waals surface area (Å²) in [4.78, 5) is 12.5. The summed E-state index contributed by atoms with van der Waals surface area (Å²) >= 11 is 5.95. The number of aryl methyl sites for hydroxylation is 2. The Morgan fingerprint density at radius 2 is 2.00 bits per heavy atom. The molecule has 0 aliphatic carbocycles. The highest BCUT2D eigenvalue weighted by Gasteiger charge is 2.15. The molecule has 0 saturated carbocycles. The number of carbonyl (C=O) groups is 1. The van der Waals surface area contributed by atoms with Gasteiger partial charge in [0.15, 0.2) is 0 Å². The van der Waals surface area contributed by atoms with Crippen LogP contribution in [0.3, 0.4) is 0 Å². The number of halogens is 1. The first-order valence-corrected chi connectivity index (χ1v) is 9.08. The van der Waals surface area contributed by atoms with Gasteiger partial charge >= 0.3 is 0 Å². The predicted molar refractivity (Wildman–Crippen MR) is 106 cm³/mol. The zero-order chi connectivity index (χ0) is 19.4. The van der Waals surface area contributed by atoms with Crippen LogP contribution in [0.2, 0.25) is 5.02 Å². The largest absolute Gasteiger partial charge is 0.489 e. The fraction of sp³-hybridized carbons (Fsp3) is 0.238. The molecule has 1 aromatic heterocycles. The number of nitrogens with zero attached hydrogens (tertiary/aromatic N) is 2. The van der Waals surface area contributed by atoms with Crippen LogP contribution >= 0.6 is 11.6 Å². The van der Waals surface area contributed by atoms with E-state index in [1.165, 1.54) is 0 Å². The fourth-order valence-electron chi connectivity index (χ4n) is 2.88. The molecule has 0 aliphatic heterocycles. The highest BCUT2D eigenvalue weighted by atomic mass is 35.5. The summed E-state index contributed by atoms with van der Waals surface area (Å²) in [5, 5.41) is 7.97. The van der Waals surface area contributed by atoms with Gasteiger partial charge in [0.25, 0.3) is 5.91 Å². The van der Waals surface area contributed by atoms with Crippen LogP contribution in [-0.2, 0) is 13.7 Å². The van der Waals surface area contributed by atoms with Gasteiger partial charge in [0.1, 0.15) is 12.4 Å². The van der Waals surface area contributed by atoms with Crippen LogP contribution in [0.1, 0.15) is 40.1 Å². The van der Waals surface area contributed by atoms with Gasteiger partial charge < -0.3 is 10.1 Å². The molecule has 1 N–H and O–H groups in total. The van der Waals surface area contributed by atoms with Gasteiger partial charge in [0.05, 0.1) is 11.7 Å². The third-order valence-electron chi connectivity index (χ3n) is 4.28. The molecule has 0 aliphatic rings. The van der Waals surface area contributed by atoms with Crippen molar-refractivity contribution in [1.82, 2.24) is 15.1 Å². The average molecular weight is 384 g/mol. The van der Waals surface area contributed by atoms with E-state index in [-0.39, 0.29) is 11.9 Å². The van der Waals surface area contributed by atoms with Crippen LogP contribution in [-0.4, -0.2) is 15.7 Å². The van der Waals surface area contributed by atoms with E-state index < -0.39 is 0 Å². The van der Waals surface area contributed by atoms with E-state index in [4.69, 9.17) is 16.3 Å². The van der Waals surface area contributed by atoms with Gasteiger partial charge in [-0.1, -0.05) is 29.8 Å². The quantitative estimate of drug-likeness (QED) is 0.684. The van der Waals surface area contributed by atoms with Crippen molar-refractivity contribution in [3.63, 3.8) is 0 Å². The molecule has 0 spiro atoms. The summed E-state index contributed by atoms with van der Waals surface area (Å²) in [5.41, 5.74) is 3.51. The van der Waals surface area contributed by atoms with Crippen LogP contribution in [0.15, 0.2) is 54.7 Å². The summed E-state index contributed by atoms with van der Waals surface area (Å²) in [6.45, 7) is 4.30. The molecule has 1 amide bonds. The van der Waals surface area contributed by atoms with E-state index in [1.807, 2.05) is 51.4 Å². The molecule has 0 radical (unpaired) electrons. The number of carbonyl (C=O) groups excluding carboxylic acids is 1. The zero-order valence-electron chi connectivity index (χ0n) is 15.6. The number of hydrogen-bond acceptors (Lipinski definition) is 3. The Balaban J connectivity index is 1.59. The van der Waals surface area contributed by atoms with Crippen molar-refractivity contribution >= 4 is 17.5 Å². The Labute approximate surface area is 163 Å². The Morgan fingerprint density at radius 3 is 2.63 bits per heavy atom. The summed E-state index contributed by atoms with van der Waals surface area (Å²) in [7, 11) is 1.87. The predicted octanol–water partition coefficient (Wildman–Crippen LogP) is 4.45. The summed E-state index contributed by atoms with van der Waals surface area (Å²) in [6.07, 6.45) is 1.93. The first-order chi connectivity index (χ1) is 12.9. The van der Waals surface area contributed by atoms with E-state index in [2.05, 4.69) is 10.4 Å². The Hall–Kier alpha value is -2.79. The second-order valence-corrected chi connectivity index (χ2v) is 6.92. The lowest BCUT2D eigenvalue weighted by Gasteiger charge is -2.13. The number of aromatic nitrogens is 2. The normalized spacial score (nSPS) is 11.9. The lowest BCUT2D eigenvalue weighted by molar-refractivity contribution is 0.0939. The van der Waals surface area contributed by atoms with Gasteiger partial charge in [-0.25, -0.2) is 0 Å². The monoisotopic (exact) mass is 383 g/mol. The van der Waals surface area contributed by atoms with Crippen LogP contribution in [0.4, 0.5) is 0 Å². The first-order valence-electron chi connectivity index (χ1n) is 8.70. The van der Waals surface area contributed by atoms with Crippen molar-refractivity contribution in [1.29, 1.82) is 0 Å². The van der Waals surface area contributed by atoms with Gasteiger partial charge in [0.2, 0.25) is 0 Å². The maximum atomic E-state index is 12.5. The van der Waals surface area contributed by atoms with E-state index in [0.717, 1.165) is 16.8 Å². The maximum Gasteiger partial charge on any atom is 0.251 e. The van der Waals surface area contributed by atoms with E-state index in [1.54, 1.807) is 28.9 Å². The van der Waals surface area contributed by atoms with Crippen molar-refractivity contribution < 1.29 is 9.53 Å². The number of benzene rings is 2. The van der Waals surface area contributed by atoms with E-state index in [0.29, 0.717) is 22.9 Å². The van der Waals surface area contributed by atoms with Crippen LogP contribution in [0, 0.1) is 6.92 Å². The highest BCUT2D eigenvalue weighted by Crippen LogP contribution is 2.19. The number of rotatable bonds is 6. The van der Waals surface area contributed by atoms with Crippen LogP contribution in [0.25, 0.3) is 0 Å². The molecule has 0 bridgehead atoms. The maximum absolute atomic E-state index is 12.5. The molecule has 140 valence electrons. The van der Waals surface area contributed by atoms with Crippen molar-refractivity contribution in [3.05, 3.63) is 82.1 Å². The average Bonchev–Trinajstić information content (AvgIpc) is 2.99. The standard InChI is InChI=1S/C21H22ClN3O2/c1-14(20-12-25(3)24-15(20)2)23-21(26)17-9-7-16(8-10-17)13-27-19-6-4-5-18(22)11-19/h4-12,14H,13H2,1-3H3,(H,23,26). The molecule has 5 nitrogen and oxygen atoms in total. The molecular weight excluding hydrogens is 362 g/mol. The number of hydrogen-bond donors (Lipinski definition) is 1. The Morgan fingerprint density at radius 1 is 1.26 bits per heavy atom. The molecule has 27 heavy (non-hydrogen) atoms. The number of nitrogens with one attached hydrogen (secondary N) is 1. The van der Waals surface area contributed by atoms with Crippen LogP contribution in [0.5, 0.6) is 5.75 Å². The van der Waals surface area contributed by atoms with Crippen molar-refractivity contribution in [2.45, 2.75) is 26.5 Å². The van der Waals surface area contributed by atoms with E-state index >= 15 is 0 Å². The lowest BCUT2D eigenvalue weighted by Crippen LogP contribution is -2.26. The van der Waals surface area contributed by atoms with Gasteiger partial charge in [-0.05, 0) is 49.7 Å². The lowest BCUT2D eigenvalue weighted by atomic mass is 10.1. The topological polar surface area (TPSA) is 56.2 Å². The fourth-order valence-corrected chi connectivity index (χ4v) is 3.06. The molecule has 1 heterocycles. The first kappa shape index (κ1) is 19.0. The Bertz CT molecular complexity index is 935. The third kappa shape index (κ3) is 4.89.